The Morgan fingerprint density at radius 3 is 2.64 bits per heavy atom. The van der Waals surface area contributed by atoms with Crippen molar-refractivity contribution in [2.75, 3.05) is 25.1 Å². The van der Waals surface area contributed by atoms with Crippen molar-refractivity contribution in [3.63, 3.8) is 0 Å². The minimum Gasteiger partial charge on any atom is -0.479 e. The van der Waals surface area contributed by atoms with Gasteiger partial charge in [0.2, 0.25) is 5.88 Å². The number of benzene rings is 1. The molecule has 0 saturated carbocycles. The van der Waals surface area contributed by atoms with Gasteiger partial charge in [0.25, 0.3) is 5.92 Å². The number of aromatic nitrogens is 6. The predicted molar refractivity (Wildman–Crippen MR) is 140 cm³/mol. The highest BCUT2D eigenvalue weighted by atomic mass is 19.3. The number of fused-ring (bicyclic) bond motifs is 1. The van der Waals surface area contributed by atoms with Crippen LogP contribution in [-0.4, -0.2) is 55.4 Å². The number of nitrogens with zero attached hydrogens (tertiary/aromatic N) is 8. The Kier molecular flexibility index (Phi) is 6.25. The molecule has 1 aromatic carbocycles. The van der Waals surface area contributed by atoms with Gasteiger partial charge in [-0.1, -0.05) is 0 Å². The highest BCUT2D eigenvalue weighted by molar-refractivity contribution is 5.58. The third-order valence-corrected chi connectivity index (χ3v) is 7.52. The number of halogens is 2. The van der Waals surface area contributed by atoms with Crippen molar-refractivity contribution in [3.8, 4) is 29.2 Å². The van der Waals surface area contributed by atoms with Crippen LogP contribution < -0.4 is 9.64 Å². The maximum atomic E-state index is 13.7. The summed E-state index contributed by atoms with van der Waals surface area (Å²) in [6, 6.07) is 11.7. The number of imidazole rings is 1. The number of alkyl halides is 2. The van der Waals surface area contributed by atoms with Crippen LogP contribution in [0.5, 0.6) is 5.88 Å². The van der Waals surface area contributed by atoms with Crippen molar-refractivity contribution in [1.82, 2.24) is 29.3 Å². The number of nitriles is 1. The minimum atomic E-state index is -2.62. The Morgan fingerprint density at radius 1 is 1.10 bits per heavy atom. The van der Waals surface area contributed by atoms with Crippen LogP contribution in [-0.2, 0) is 6.54 Å². The fraction of sp³-hybridized carbons (Fsp3) is 0.393. The van der Waals surface area contributed by atoms with E-state index in [4.69, 9.17) is 14.8 Å². The summed E-state index contributed by atoms with van der Waals surface area (Å²) in [7, 11) is 1.57. The monoisotopic (exact) mass is 530 g/mol. The molecule has 9 nitrogen and oxygen atoms in total. The third-order valence-electron chi connectivity index (χ3n) is 7.52. The third kappa shape index (κ3) is 4.71. The summed E-state index contributed by atoms with van der Waals surface area (Å²) in [4.78, 5) is 15.8. The van der Waals surface area contributed by atoms with Crippen LogP contribution in [0.15, 0.2) is 42.9 Å². The second-order valence-electron chi connectivity index (χ2n) is 10.1. The zero-order chi connectivity index (χ0) is 27.1. The van der Waals surface area contributed by atoms with Gasteiger partial charge in [0.05, 0.1) is 30.8 Å². The molecule has 39 heavy (non-hydrogen) atoms. The number of aryl methyl sites for hydroxylation is 2. The maximum absolute atomic E-state index is 13.7. The summed E-state index contributed by atoms with van der Waals surface area (Å²) < 4.78 is 36.8. The first kappa shape index (κ1) is 25.0. The first-order valence-corrected chi connectivity index (χ1v) is 13.0. The topological polar surface area (TPSA) is 97.7 Å². The molecule has 2 aliphatic rings. The number of hydrogen-bond donors (Lipinski definition) is 0. The number of anilines is 1. The highest BCUT2D eigenvalue weighted by Gasteiger charge is 2.35. The average molecular weight is 531 g/mol. The molecule has 5 heterocycles. The molecule has 0 radical (unpaired) electrons. The van der Waals surface area contributed by atoms with Gasteiger partial charge in [0, 0.05) is 50.3 Å². The lowest BCUT2D eigenvalue weighted by Crippen LogP contribution is -2.39. The zero-order valence-corrected chi connectivity index (χ0v) is 21.8. The lowest BCUT2D eigenvalue weighted by atomic mass is 9.87. The normalized spacial score (nSPS) is 18.4. The van der Waals surface area contributed by atoms with Gasteiger partial charge in [0.15, 0.2) is 5.82 Å². The van der Waals surface area contributed by atoms with E-state index in [1.807, 2.05) is 51.5 Å². The summed E-state index contributed by atoms with van der Waals surface area (Å²) in [5, 5.41) is 14.6. The average Bonchev–Trinajstić information content (AvgIpc) is 3.58. The summed E-state index contributed by atoms with van der Waals surface area (Å²) in [5.41, 5.74) is 4.49. The first-order chi connectivity index (χ1) is 18.8. The molecule has 0 unspecified atom stereocenters. The molecule has 11 heteroatoms. The number of methoxy groups -OCH3 is 1. The maximum Gasteiger partial charge on any atom is 0.251 e. The number of hydrogen-bond acceptors (Lipinski definition) is 7. The van der Waals surface area contributed by atoms with E-state index in [9.17, 15) is 14.0 Å². The molecule has 2 aliphatic heterocycles. The van der Waals surface area contributed by atoms with Crippen LogP contribution in [0.3, 0.4) is 0 Å². The Balaban J connectivity index is 1.34. The van der Waals surface area contributed by atoms with Crippen molar-refractivity contribution >= 4 is 5.69 Å². The van der Waals surface area contributed by atoms with E-state index in [0.29, 0.717) is 29.5 Å². The molecule has 0 bridgehead atoms. The van der Waals surface area contributed by atoms with Crippen LogP contribution in [0.4, 0.5) is 14.5 Å². The summed E-state index contributed by atoms with van der Waals surface area (Å²) in [6.45, 7) is 3.20. The largest absolute Gasteiger partial charge is 0.479 e. The van der Waals surface area contributed by atoms with Crippen molar-refractivity contribution in [2.45, 2.75) is 51.0 Å². The van der Waals surface area contributed by atoms with E-state index in [0.717, 1.165) is 41.3 Å². The van der Waals surface area contributed by atoms with Gasteiger partial charge < -0.3 is 14.2 Å². The molecule has 3 aromatic heterocycles. The number of piperidine rings is 1. The summed E-state index contributed by atoms with van der Waals surface area (Å²) in [6.07, 6.45) is 4.96. The summed E-state index contributed by atoms with van der Waals surface area (Å²) >= 11 is 0. The van der Waals surface area contributed by atoms with E-state index < -0.39 is 5.92 Å². The van der Waals surface area contributed by atoms with Crippen LogP contribution in [0.2, 0.25) is 0 Å². The van der Waals surface area contributed by atoms with Crippen LogP contribution in [0.1, 0.15) is 54.2 Å². The molecule has 6 rings (SSSR count). The van der Waals surface area contributed by atoms with Gasteiger partial charge >= 0.3 is 0 Å². The van der Waals surface area contributed by atoms with Crippen molar-refractivity contribution in [2.24, 2.45) is 0 Å². The van der Waals surface area contributed by atoms with Gasteiger partial charge in [-0.05, 0) is 55.7 Å². The second kappa shape index (κ2) is 9.76. The van der Waals surface area contributed by atoms with E-state index in [1.165, 1.54) is 0 Å². The minimum absolute atomic E-state index is 0.143. The van der Waals surface area contributed by atoms with E-state index in [1.54, 1.807) is 19.5 Å². The zero-order valence-electron chi connectivity index (χ0n) is 21.8. The first-order valence-electron chi connectivity index (χ1n) is 13.0. The lowest BCUT2D eigenvalue weighted by molar-refractivity contribution is -0.0220. The van der Waals surface area contributed by atoms with Gasteiger partial charge in [0.1, 0.15) is 17.2 Å². The quantitative estimate of drug-likeness (QED) is 0.363. The molecule has 1 saturated heterocycles. The molecule has 0 N–H and O–H groups in total. The standard InChI is InChI=1S/C28H28F2N8O/c1-18-16-37(17-32-18)24-8-7-23(33-27(24)39-2)25-34-26-21(4-3-11-38(26)35-25)22-14-20(6-5-19(22)15-31)36-12-9-28(29,30)10-13-36/h5-8,14,16-17,21H,3-4,9-13H2,1-2H3/t21-/m0/s1. The number of rotatable bonds is 5. The molecule has 1 fully saturated rings. The van der Waals surface area contributed by atoms with E-state index >= 15 is 0 Å². The van der Waals surface area contributed by atoms with Crippen molar-refractivity contribution < 1.29 is 13.5 Å². The number of ether oxygens (including phenoxy) is 1. The predicted octanol–water partition coefficient (Wildman–Crippen LogP) is 4.88. The van der Waals surface area contributed by atoms with Gasteiger partial charge in [-0.15, -0.1) is 5.10 Å². The second-order valence-corrected chi connectivity index (χ2v) is 10.1. The Labute approximate surface area is 224 Å². The van der Waals surface area contributed by atoms with Crippen LogP contribution >= 0.6 is 0 Å². The van der Waals surface area contributed by atoms with Gasteiger partial charge in [-0.3, -0.25) is 0 Å². The fourth-order valence-corrected chi connectivity index (χ4v) is 5.44. The van der Waals surface area contributed by atoms with Crippen molar-refractivity contribution in [3.05, 3.63) is 65.5 Å². The van der Waals surface area contributed by atoms with E-state index in [2.05, 4.69) is 16.0 Å². The van der Waals surface area contributed by atoms with Gasteiger partial charge in [-0.25, -0.2) is 28.4 Å². The molecule has 0 aliphatic carbocycles. The smallest absolute Gasteiger partial charge is 0.251 e. The Hall–Kier alpha value is -4.33. The van der Waals surface area contributed by atoms with Crippen LogP contribution in [0, 0.1) is 18.3 Å². The SMILES string of the molecule is COc1nc(-c2nc3n(n2)CCC[C@H]3c2cc(N3CCC(F)(F)CC3)ccc2C#N)ccc1-n1cnc(C)c1. The number of pyridine rings is 1. The molecular weight excluding hydrogens is 502 g/mol. The highest BCUT2D eigenvalue weighted by Crippen LogP contribution is 2.38. The summed E-state index contributed by atoms with van der Waals surface area (Å²) in [5.74, 6) is -1.08. The molecule has 1 atom stereocenters. The van der Waals surface area contributed by atoms with E-state index in [-0.39, 0.29) is 31.8 Å². The lowest BCUT2D eigenvalue weighted by Gasteiger charge is -2.34. The molecule has 0 amide bonds. The molecule has 0 spiro atoms. The molecule has 200 valence electrons. The molecule has 4 aromatic rings. The van der Waals surface area contributed by atoms with Crippen molar-refractivity contribution in [1.29, 1.82) is 5.26 Å². The Morgan fingerprint density at radius 2 is 1.92 bits per heavy atom. The van der Waals surface area contributed by atoms with Crippen LogP contribution in [0.25, 0.3) is 17.2 Å². The fourth-order valence-electron chi connectivity index (χ4n) is 5.44. The molecular formula is C28H28F2N8O. The van der Waals surface area contributed by atoms with Gasteiger partial charge in [-0.2, -0.15) is 5.26 Å². The Bertz CT molecular complexity index is 1560.